The highest BCUT2D eigenvalue weighted by Gasteiger charge is 2.40. The van der Waals surface area contributed by atoms with Crippen LogP contribution in [0.3, 0.4) is 0 Å². The van der Waals surface area contributed by atoms with Gasteiger partial charge < -0.3 is 15.2 Å². The molecule has 20 heavy (non-hydrogen) atoms. The highest BCUT2D eigenvalue weighted by molar-refractivity contribution is 5.92. The van der Waals surface area contributed by atoms with Gasteiger partial charge in [0.05, 0.1) is 11.6 Å². The smallest absolute Gasteiger partial charge is 0.311 e. The second-order valence-corrected chi connectivity index (χ2v) is 4.74. The molecule has 0 aromatic carbocycles. The highest BCUT2D eigenvalue weighted by Crippen LogP contribution is 2.30. The molecule has 6 nitrogen and oxygen atoms in total. The van der Waals surface area contributed by atoms with Crippen LogP contribution in [0.2, 0.25) is 0 Å². The average Bonchev–Trinajstić information content (AvgIpc) is 2.46. The third kappa shape index (κ3) is 3.11. The zero-order chi connectivity index (χ0) is 14.6. The number of hydrogen-bond acceptors (Lipinski definition) is 4. The van der Waals surface area contributed by atoms with Crippen LogP contribution in [-0.2, 0) is 9.53 Å². The molecular weight excluding hydrogens is 267 g/mol. The number of nitrogens with zero attached hydrogens (tertiary/aromatic N) is 1. The lowest BCUT2D eigenvalue weighted by atomic mass is 9.80. The second kappa shape index (κ2) is 5.96. The number of ether oxygens (including phenoxy) is 1. The van der Waals surface area contributed by atoms with E-state index in [1.54, 1.807) is 0 Å². The predicted octanol–water partition coefficient (Wildman–Crippen LogP) is 0.832. The third-order valence-electron chi connectivity index (χ3n) is 3.45. The summed E-state index contributed by atoms with van der Waals surface area (Å²) in [5, 5.41) is 11.9. The van der Waals surface area contributed by atoms with Crippen LogP contribution in [0.15, 0.2) is 18.3 Å². The van der Waals surface area contributed by atoms with Gasteiger partial charge in [0.25, 0.3) is 5.91 Å². The quantitative estimate of drug-likeness (QED) is 0.854. The Bertz CT molecular complexity index is 498. The molecule has 1 aromatic rings. The fourth-order valence-electron chi connectivity index (χ4n) is 2.08. The molecule has 0 radical (unpaired) electrons. The van der Waals surface area contributed by atoms with E-state index in [1.165, 1.54) is 6.07 Å². The Hall–Kier alpha value is -2.02. The van der Waals surface area contributed by atoms with Crippen molar-refractivity contribution in [3.63, 3.8) is 0 Å². The minimum Gasteiger partial charge on any atom is -0.481 e. The lowest BCUT2D eigenvalue weighted by Gasteiger charge is -2.33. The Labute approximate surface area is 115 Å². The van der Waals surface area contributed by atoms with E-state index < -0.39 is 23.1 Å². The van der Waals surface area contributed by atoms with Gasteiger partial charge in [0, 0.05) is 19.8 Å². The Morgan fingerprint density at radius 2 is 2.10 bits per heavy atom. The first kappa shape index (κ1) is 14.4. The molecule has 1 saturated heterocycles. The van der Waals surface area contributed by atoms with Gasteiger partial charge in [-0.25, -0.2) is 9.37 Å². The van der Waals surface area contributed by atoms with Crippen LogP contribution < -0.4 is 5.32 Å². The molecular formula is C13H15FN2O4. The first-order valence-corrected chi connectivity index (χ1v) is 6.24. The molecule has 0 unspecified atom stereocenters. The van der Waals surface area contributed by atoms with E-state index in [0.29, 0.717) is 26.1 Å². The van der Waals surface area contributed by atoms with Crippen molar-refractivity contribution in [2.45, 2.75) is 12.8 Å². The van der Waals surface area contributed by atoms with Gasteiger partial charge in [-0.2, -0.15) is 0 Å². The van der Waals surface area contributed by atoms with Gasteiger partial charge in [0.2, 0.25) is 0 Å². The topological polar surface area (TPSA) is 88.5 Å². The van der Waals surface area contributed by atoms with E-state index in [2.05, 4.69) is 10.3 Å². The van der Waals surface area contributed by atoms with Gasteiger partial charge >= 0.3 is 5.97 Å². The minimum absolute atomic E-state index is 0.00355. The number of carboxylic acids is 1. The van der Waals surface area contributed by atoms with E-state index >= 15 is 0 Å². The summed E-state index contributed by atoms with van der Waals surface area (Å²) in [4.78, 5) is 26.9. The Balaban J connectivity index is 2.00. The van der Waals surface area contributed by atoms with Gasteiger partial charge in [0.1, 0.15) is 11.5 Å². The number of hydrogen-bond donors (Lipinski definition) is 2. The zero-order valence-corrected chi connectivity index (χ0v) is 10.8. The Morgan fingerprint density at radius 3 is 2.65 bits per heavy atom. The van der Waals surface area contributed by atoms with Gasteiger partial charge in [-0.15, -0.1) is 0 Å². The molecule has 1 amide bonds. The van der Waals surface area contributed by atoms with Crippen LogP contribution in [0.4, 0.5) is 4.39 Å². The van der Waals surface area contributed by atoms with Crippen molar-refractivity contribution in [1.29, 1.82) is 0 Å². The van der Waals surface area contributed by atoms with Crippen molar-refractivity contribution in [2.24, 2.45) is 5.41 Å². The maximum Gasteiger partial charge on any atom is 0.311 e. The lowest BCUT2D eigenvalue weighted by Crippen LogP contribution is -2.46. The predicted molar refractivity (Wildman–Crippen MR) is 66.7 cm³/mol. The molecule has 1 aliphatic rings. The number of carboxylic acid groups (broad SMARTS) is 1. The first-order chi connectivity index (χ1) is 9.53. The molecule has 2 rings (SSSR count). The normalized spacial score (nSPS) is 17.4. The summed E-state index contributed by atoms with van der Waals surface area (Å²) in [6, 6.07) is 2.38. The number of carbonyl (C=O) groups excluding carboxylic acids is 1. The molecule has 0 aliphatic carbocycles. The van der Waals surface area contributed by atoms with Crippen LogP contribution in [0.1, 0.15) is 23.3 Å². The summed E-state index contributed by atoms with van der Waals surface area (Å²) < 4.78 is 17.9. The molecule has 2 N–H and O–H groups in total. The molecule has 108 valence electrons. The highest BCUT2D eigenvalue weighted by atomic mass is 19.1. The van der Waals surface area contributed by atoms with Crippen LogP contribution in [-0.4, -0.2) is 41.7 Å². The molecule has 2 heterocycles. The largest absolute Gasteiger partial charge is 0.481 e. The van der Waals surface area contributed by atoms with Gasteiger partial charge in [-0.05, 0) is 25.0 Å². The number of amides is 1. The molecule has 0 saturated carbocycles. The number of carbonyl (C=O) groups is 2. The molecule has 7 heteroatoms. The van der Waals surface area contributed by atoms with Gasteiger partial charge in [-0.3, -0.25) is 9.59 Å². The molecule has 0 spiro atoms. The van der Waals surface area contributed by atoms with Crippen molar-refractivity contribution < 1.29 is 23.8 Å². The monoisotopic (exact) mass is 282 g/mol. The van der Waals surface area contributed by atoms with Crippen LogP contribution in [0.25, 0.3) is 0 Å². The van der Waals surface area contributed by atoms with Gasteiger partial charge in [-0.1, -0.05) is 0 Å². The summed E-state index contributed by atoms with van der Waals surface area (Å²) in [5.74, 6) is -2.00. The average molecular weight is 282 g/mol. The Kier molecular flexibility index (Phi) is 4.29. The molecule has 1 aliphatic heterocycles. The number of rotatable bonds is 4. The van der Waals surface area contributed by atoms with Crippen molar-refractivity contribution >= 4 is 11.9 Å². The van der Waals surface area contributed by atoms with Crippen molar-refractivity contribution in [1.82, 2.24) is 10.3 Å². The minimum atomic E-state index is -1.01. The third-order valence-corrected chi connectivity index (χ3v) is 3.45. The summed E-state index contributed by atoms with van der Waals surface area (Å²) in [6.45, 7) is 0.720. The molecule has 0 atom stereocenters. The molecule has 1 aromatic heterocycles. The van der Waals surface area contributed by atoms with E-state index in [-0.39, 0.29) is 12.2 Å². The number of nitrogens with one attached hydrogen (secondary N) is 1. The summed E-state index contributed by atoms with van der Waals surface area (Å²) in [7, 11) is 0. The van der Waals surface area contributed by atoms with E-state index in [0.717, 1.165) is 12.3 Å². The van der Waals surface area contributed by atoms with E-state index in [4.69, 9.17) is 4.74 Å². The fourth-order valence-corrected chi connectivity index (χ4v) is 2.08. The van der Waals surface area contributed by atoms with Crippen molar-refractivity contribution in [3.8, 4) is 0 Å². The SMILES string of the molecule is O=C(NCC1(C(=O)O)CCOCC1)c1ccc(F)cn1. The summed E-state index contributed by atoms with van der Waals surface area (Å²) in [6.07, 6.45) is 1.63. The van der Waals surface area contributed by atoms with Crippen molar-refractivity contribution in [3.05, 3.63) is 29.8 Å². The van der Waals surface area contributed by atoms with Gasteiger partial charge in [0.15, 0.2) is 0 Å². The zero-order valence-electron chi connectivity index (χ0n) is 10.8. The molecule has 0 bridgehead atoms. The maximum atomic E-state index is 12.7. The van der Waals surface area contributed by atoms with Crippen LogP contribution in [0, 0.1) is 11.2 Å². The summed E-state index contributed by atoms with van der Waals surface area (Å²) >= 11 is 0. The standard InChI is InChI=1S/C13H15FN2O4/c14-9-1-2-10(15-7-9)11(17)16-8-13(12(18)19)3-5-20-6-4-13/h1-2,7H,3-6,8H2,(H,16,17)(H,18,19). The lowest BCUT2D eigenvalue weighted by molar-refractivity contribution is -0.154. The Morgan fingerprint density at radius 1 is 1.40 bits per heavy atom. The number of aromatic nitrogens is 1. The number of pyridine rings is 1. The van der Waals surface area contributed by atoms with Crippen LogP contribution >= 0.6 is 0 Å². The number of aliphatic carboxylic acids is 1. The van der Waals surface area contributed by atoms with E-state index in [1.807, 2.05) is 0 Å². The van der Waals surface area contributed by atoms with E-state index in [9.17, 15) is 19.1 Å². The second-order valence-electron chi connectivity index (χ2n) is 4.74. The number of halogens is 1. The maximum absolute atomic E-state index is 12.7. The van der Waals surface area contributed by atoms with Crippen LogP contribution in [0.5, 0.6) is 0 Å². The first-order valence-electron chi connectivity index (χ1n) is 6.24. The summed E-state index contributed by atoms with van der Waals surface area (Å²) in [5.41, 5.74) is -0.951. The fraction of sp³-hybridized carbons (Fsp3) is 0.462. The van der Waals surface area contributed by atoms with Crippen molar-refractivity contribution in [2.75, 3.05) is 19.8 Å². The molecule has 1 fully saturated rings.